The normalized spacial score (nSPS) is 12.9. The van der Waals surface area contributed by atoms with Crippen molar-refractivity contribution in [3.05, 3.63) is 35.9 Å². The predicted molar refractivity (Wildman–Crippen MR) is 73.6 cm³/mol. The Morgan fingerprint density at radius 1 is 1.06 bits per heavy atom. The number of alkyl halides is 1. The van der Waals surface area contributed by atoms with Gasteiger partial charge in [-0.05, 0) is 5.56 Å². The number of benzene rings is 1. The molecule has 0 bridgehead atoms. The number of aliphatic hydroxyl groups excluding tert-OH is 2. The molecular weight excluding hydrogens is 282 g/mol. The van der Waals surface area contributed by atoms with Gasteiger partial charge in [-0.2, -0.15) is 0 Å². The van der Waals surface area contributed by atoms with Crippen LogP contribution in [0, 0.1) is 0 Å². The van der Waals surface area contributed by atoms with Crippen molar-refractivity contribution in [3.63, 3.8) is 0 Å². The Hall–Kier alpha value is -0.420. The molecule has 0 aliphatic carbocycles. The smallest absolute Gasteiger partial charge is 0.0558 e. The SMILES string of the molecule is OCCN(CCO)CC(CBr)c1ccccc1. The van der Waals surface area contributed by atoms with Gasteiger partial charge in [-0.15, -0.1) is 0 Å². The van der Waals surface area contributed by atoms with Crippen molar-refractivity contribution in [1.29, 1.82) is 0 Å². The molecule has 0 heterocycles. The Balaban J connectivity index is 2.61. The molecule has 0 amide bonds. The van der Waals surface area contributed by atoms with Crippen LogP contribution in [0.4, 0.5) is 0 Å². The average molecular weight is 302 g/mol. The van der Waals surface area contributed by atoms with Gasteiger partial charge in [0, 0.05) is 30.9 Å². The van der Waals surface area contributed by atoms with Crippen LogP contribution in [0.1, 0.15) is 11.5 Å². The Bertz CT molecular complexity index is 289. The first-order valence-corrected chi connectivity index (χ1v) is 6.99. The van der Waals surface area contributed by atoms with Gasteiger partial charge in [0.1, 0.15) is 0 Å². The minimum atomic E-state index is 0.129. The first-order chi connectivity index (χ1) is 8.31. The lowest BCUT2D eigenvalue weighted by atomic mass is 10.0. The summed E-state index contributed by atoms with van der Waals surface area (Å²) in [6.45, 7) is 2.32. The minimum absolute atomic E-state index is 0.129. The van der Waals surface area contributed by atoms with Crippen LogP contribution in [0.25, 0.3) is 0 Å². The molecule has 4 heteroatoms. The molecule has 0 saturated heterocycles. The summed E-state index contributed by atoms with van der Waals surface area (Å²) in [6, 6.07) is 10.3. The van der Waals surface area contributed by atoms with Gasteiger partial charge < -0.3 is 10.2 Å². The van der Waals surface area contributed by atoms with Crippen molar-refractivity contribution in [1.82, 2.24) is 4.90 Å². The molecule has 17 heavy (non-hydrogen) atoms. The molecule has 0 aromatic heterocycles. The van der Waals surface area contributed by atoms with Gasteiger partial charge in [0.2, 0.25) is 0 Å². The lowest BCUT2D eigenvalue weighted by molar-refractivity contribution is 0.157. The van der Waals surface area contributed by atoms with Crippen LogP contribution < -0.4 is 0 Å². The number of nitrogens with zero attached hydrogens (tertiary/aromatic N) is 1. The molecule has 1 aromatic carbocycles. The monoisotopic (exact) mass is 301 g/mol. The summed E-state index contributed by atoms with van der Waals surface area (Å²) < 4.78 is 0. The third kappa shape index (κ3) is 5.17. The minimum Gasteiger partial charge on any atom is -0.395 e. The summed E-state index contributed by atoms with van der Waals surface area (Å²) in [7, 11) is 0. The molecule has 0 saturated carbocycles. The first kappa shape index (κ1) is 14.6. The second-order valence-corrected chi connectivity index (χ2v) is 4.66. The highest BCUT2D eigenvalue weighted by Crippen LogP contribution is 2.19. The van der Waals surface area contributed by atoms with Gasteiger partial charge in [-0.3, -0.25) is 4.90 Å². The molecule has 0 aliphatic heterocycles. The number of hydrogen-bond donors (Lipinski definition) is 2. The molecule has 1 unspecified atom stereocenters. The van der Waals surface area contributed by atoms with E-state index < -0.39 is 0 Å². The van der Waals surface area contributed by atoms with Crippen LogP contribution in [-0.4, -0.2) is 53.3 Å². The maximum atomic E-state index is 8.98. The largest absolute Gasteiger partial charge is 0.395 e. The van der Waals surface area contributed by atoms with Crippen molar-refractivity contribution in [2.45, 2.75) is 5.92 Å². The van der Waals surface area contributed by atoms with E-state index in [0.29, 0.717) is 19.0 Å². The van der Waals surface area contributed by atoms with E-state index in [1.54, 1.807) is 0 Å². The van der Waals surface area contributed by atoms with Gasteiger partial charge in [0.05, 0.1) is 13.2 Å². The first-order valence-electron chi connectivity index (χ1n) is 5.86. The van der Waals surface area contributed by atoms with E-state index in [-0.39, 0.29) is 13.2 Å². The summed E-state index contributed by atoms with van der Waals surface area (Å²) in [5, 5.41) is 18.8. The molecule has 0 aliphatic rings. The number of hydrogen-bond acceptors (Lipinski definition) is 3. The standard InChI is InChI=1S/C13H20BrNO2/c14-10-13(12-4-2-1-3-5-12)11-15(6-8-16)7-9-17/h1-5,13,16-17H,6-11H2. The maximum Gasteiger partial charge on any atom is 0.0558 e. The number of rotatable bonds is 8. The molecule has 3 nitrogen and oxygen atoms in total. The van der Waals surface area contributed by atoms with Gasteiger partial charge in [0.25, 0.3) is 0 Å². The van der Waals surface area contributed by atoms with Crippen LogP contribution in [0.3, 0.4) is 0 Å². The van der Waals surface area contributed by atoms with Crippen LogP contribution in [0.5, 0.6) is 0 Å². The fourth-order valence-electron chi connectivity index (χ4n) is 1.86. The molecule has 0 radical (unpaired) electrons. The highest BCUT2D eigenvalue weighted by Gasteiger charge is 2.14. The zero-order valence-corrected chi connectivity index (χ0v) is 11.5. The molecule has 1 atom stereocenters. The van der Waals surface area contributed by atoms with Crippen molar-refractivity contribution >= 4 is 15.9 Å². The van der Waals surface area contributed by atoms with E-state index in [9.17, 15) is 0 Å². The Morgan fingerprint density at radius 3 is 2.12 bits per heavy atom. The molecule has 2 N–H and O–H groups in total. The van der Waals surface area contributed by atoms with E-state index in [1.165, 1.54) is 5.56 Å². The van der Waals surface area contributed by atoms with Crippen molar-refractivity contribution in [2.75, 3.05) is 38.2 Å². The van der Waals surface area contributed by atoms with E-state index in [1.807, 2.05) is 18.2 Å². The number of halogens is 1. The van der Waals surface area contributed by atoms with Crippen molar-refractivity contribution in [3.8, 4) is 0 Å². The lowest BCUT2D eigenvalue weighted by Crippen LogP contribution is -2.34. The predicted octanol–water partition coefficient (Wildman–Crippen LogP) is 1.45. The van der Waals surface area contributed by atoms with E-state index >= 15 is 0 Å². The molecule has 1 rings (SSSR count). The van der Waals surface area contributed by atoms with Crippen molar-refractivity contribution in [2.24, 2.45) is 0 Å². The molecule has 1 aromatic rings. The topological polar surface area (TPSA) is 43.7 Å². The third-order valence-corrected chi connectivity index (χ3v) is 3.55. The van der Waals surface area contributed by atoms with Gasteiger partial charge >= 0.3 is 0 Å². The van der Waals surface area contributed by atoms with E-state index in [4.69, 9.17) is 10.2 Å². The summed E-state index contributed by atoms with van der Waals surface area (Å²) in [4.78, 5) is 2.08. The highest BCUT2D eigenvalue weighted by molar-refractivity contribution is 9.09. The van der Waals surface area contributed by atoms with Gasteiger partial charge in [-0.1, -0.05) is 46.3 Å². The second kappa shape index (κ2) is 8.64. The van der Waals surface area contributed by atoms with Gasteiger partial charge in [-0.25, -0.2) is 0 Å². The van der Waals surface area contributed by atoms with E-state index in [0.717, 1.165) is 11.9 Å². The number of aliphatic hydroxyl groups is 2. The second-order valence-electron chi connectivity index (χ2n) is 4.01. The zero-order valence-electron chi connectivity index (χ0n) is 9.93. The zero-order chi connectivity index (χ0) is 12.5. The summed E-state index contributed by atoms with van der Waals surface area (Å²) in [5.41, 5.74) is 1.28. The highest BCUT2D eigenvalue weighted by atomic mass is 79.9. The molecular formula is C13H20BrNO2. The Labute approximate surface area is 111 Å². The molecule has 0 spiro atoms. The van der Waals surface area contributed by atoms with Crippen molar-refractivity contribution < 1.29 is 10.2 Å². The average Bonchev–Trinajstić information content (AvgIpc) is 2.37. The fraction of sp³-hybridized carbons (Fsp3) is 0.538. The lowest BCUT2D eigenvalue weighted by Gasteiger charge is -2.25. The van der Waals surface area contributed by atoms with Crippen LogP contribution >= 0.6 is 15.9 Å². The Morgan fingerprint density at radius 2 is 1.65 bits per heavy atom. The molecule has 96 valence electrons. The van der Waals surface area contributed by atoms with Crippen LogP contribution in [0.2, 0.25) is 0 Å². The van der Waals surface area contributed by atoms with Crippen LogP contribution in [-0.2, 0) is 0 Å². The van der Waals surface area contributed by atoms with E-state index in [2.05, 4.69) is 33.0 Å². The quantitative estimate of drug-likeness (QED) is 0.715. The summed E-state index contributed by atoms with van der Waals surface area (Å²) in [5.74, 6) is 0.384. The summed E-state index contributed by atoms with van der Waals surface area (Å²) in [6.07, 6.45) is 0. The van der Waals surface area contributed by atoms with Crippen LogP contribution in [0.15, 0.2) is 30.3 Å². The Kier molecular flexibility index (Phi) is 7.44. The maximum absolute atomic E-state index is 8.98. The molecule has 0 fully saturated rings. The van der Waals surface area contributed by atoms with Gasteiger partial charge in [0.15, 0.2) is 0 Å². The fourth-order valence-corrected chi connectivity index (χ4v) is 2.44. The third-order valence-electron chi connectivity index (χ3n) is 2.77. The summed E-state index contributed by atoms with van der Waals surface area (Å²) >= 11 is 3.53.